The standard InChI is InChI=1S/C32H51O3P/c1-4-7-8-9-10-11-12-13-14-15-16-17-26-34-36(33)35-32(31-24-22-29(6-3)23-25-31)27-30-20-18-28(5-2)19-21-30/h18-25,32-33H,4-17,26-27H2,1-3H3. The Hall–Kier alpha value is -1.25. The quantitative estimate of drug-likeness (QED) is 0.133. The lowest BCUT2D eigenvalue weighted by Gasteiger charge is -2.21. The number of rotatable bonds is 21. The molecular formula is C32H51O3P. The fourth-order valence-corrected chi connectivity index (χ4v) is 5.29. The molecule has 2 rings (SSSR count). The van der Waals surface area contributed by atoms with E-state index in [9.17, 15) is 4.89 Å². The lowest BCUT2D eigenvalue weighted by molar-refractivity contribution is 0.142. The minimum Gasteiger partial charge on any atom is -0.328 e. The minimum absolute atomic E-state index is 0.221. The molecule has 0 fully saturated rings. The van der Waals surface area contributed by atoms with E-state index in [1.807, 2.05) is 0 Å². The van der Waals surface area contributed by atoms with Crippen LogP contribution in [0.25, 0.3) is 0 Å². The zero-order chi connectivity index (χ0) is 25.8. The van der Waals surface area contributed by atoms with E-state index in [0.29, 0.717) is 6.61 Å². The maximum Gasteiger partial charge on any atom is 0.330 e. The maximum absolute atomic E-state index is 10.5. The highest BCUT2D eigenvalue weighted by Gasteiger charge is 2.19. The Morgan fingerprint density at radius 3 is 1.56 bits per heavy atom. The summed E-state index contributed by atoms with van der Waals surface area (Å²) < 4.78 is 11.8. The van der Waals surface area contributed by atoms with Gasteiger partial charge in [0.25, 0.3) is 0 Å². The van der Waals surface area contributed by atoms with Crippen LogP contribution in [0.15, 0.2) is 48.5 Å². The summed E-state index contributed by atoms with van der Waals surface area (Å²) in [6.45, 7) is 7.17. The monoisotopic (exact) mass is 514 g/mol. The molecule has 0 radical (unpaired) electrons. The average molecular weight is 515 g/mol. The van der Waals surface area contributed by atoms with Gasteiger partial charge in [0.05, 0.1) is 12.7 Å². The highest BCUT2D eigenvalue weighted by Crippen LogP contribution is 2.41. The molecule has 0 bridgehead atoms. The van der Waals surface area contributed by atoms with Crippen molar-refractivity contribution in [1.82, 2.24) is 0 Å². The van der Waals surface area contributed by atoms with Crippen molar-refractivity contribution in [2.24, 2.45) is 0 Å². The van der Waals surface area contributed by atoms with Gasteiger partial charge in [-0.15, -0.1) is 0 Å². The Kier molecular flexibility index (Phi) is 17.0. The van der Waals surface area contributed by atoms with Crippen molar-refractivity contribution in [1.29, 1.82) is 0 Å². The molecule has 0 aliphatic rings. The average Bonchev–Trinajstić information content (AvgIpc) is 2.91. The summed E-state index contributed by atoms with van der Waals surface area (Å²) in [4.78, 5) is 10.5. The molecule has 0 saturated carbocycles. The molecule has 0 amide bonds. The molecule has 4 heteroatoms. The summed E-state index contributed by atoms with van der Waals surface area (Å²) in [5, 5.41) is 0. The summed E-state index contributed by atoms with van der Waals surface area (Å²) >= 11 is 0. The van der Waals surface area contributed by atoms with Gasteiger partial charge in [-0.3, -0.25) is 0 Å². The molecule has 0 saturated heterocycles. The molecule has 2 unspecified atom stereocenters. The van der Waals surface area contributed by atoms with Gasteiger partial charge in [0.1, 0.15) is 0 Å². The van der Waals surface area contributed by atoms with Crippen LogP contribution >= 0.6 is 8.60 Å². The first-order chi connectivity index (χ1) is 17.7. The SMILES string of the molecule is CCCCCCCCCCCCCCOP(O)OC(Cc1ccc(CC)cc1)c1ccc(CC)cc1. The lowest BCUT2D eigenvalue weighted by atomic mass is 9.99. The molecule has 2 aromatic rings. The van der Waals surface area contributed by atoms with Crippen LogP contribution in [-0.2, 0) is 28.3 Å². The van der Waals surface area contributed by atoms with Gasteiger partial charge in [-0.2, -0.15) is 0 Å². The summed E-state index contributed by atoms with van der Waals surface area (Å²) in [6.07, 6.45) is 18.3. The second-order valence-electron chi connectivity index (χ2n) is 10.0. The van der Waals surface area contributed by atoms with Gasteiger partial charge in [-0.1, -0.05) is 140 Å². The predicted molar refractivity (Wildman–Crippen MR) is 155 cm³/mol. The molecule has 2 atom stereocenters. The first kappa shape index (κ1) is 31.0. The van der Waals surface area contributed by atoms with Gasteiger partial charge in [-0.25, -0.2) is 0 Å². The molecule has 1 N–H and O–H groups in total. The van der Waals surface area contributed by atoms with E-state index in [1.165, 1.54) is 80.9 Å². The van der Waals surface area contributed by atoms with E-state index in [-0.39, 0.29) is 6.10 Å². The summed E-state index contributed by atoms with van der Waals surface area (Å²) in [6, 6.07) is 17.2. The van der Waals surface area contributed by atoms with Gasteiger partial charge in [-0.05, 0) is 41.5 Å². The molecule has 0 spiro atoms. The van der Waals surface area contributed by atoms with Crippen molar-refractivity contribution in [3.63, 3.8) is 0 Å². The molecule has 202 valence electrons. The van der Waals surface area contributed by atoms with Gasteiger partial charge in [0.15, 0.2) is 0 Å². The highest BCUT2D eigenvalue weighted by atomic mass is 31.2. The Labute approximate surface area is 223 Å². The van der Waals surface area contributed by atoms with Crippen molar-refractivity contribution >= 4 is 8.60 Å². The topological polar surface area (TPSA) is 38.7 Å². The van der Waals surface area contributed by atoms with Crippen LogP contribution in [0.4, 0.5) is 0 Å². The smallest absolute Gasteiger partial charge is 0.328 e. The fraction of sp³-hybridized carbons (Fsp3) is 0.625. The van der Waals surface area contributed by atoms with Crippen LogP contribution in [-0.4, -0.2) is 11.5 Å². The fourth-order valence-electron chi connectivity index (χ4n) is 4.53. The molecule has 0 aliphatic heterocycles. The van der Waals surface area contributed by atoms with Gasteiger partial charge < -0.3 is 13.9 Å². The van der Waals surface area contributed by atoms with Crippen LogP contribution in [0, 0.1) is 0 Å². The first-order valence-corrected chi connectivity index (χ1v) is 15.7. The molecule has 0 aromatic heterocycles. The summed E-state index contributed by atoms with van der Waals surface area (Å²) in [5.41, 5.74) is 4.93. The molecule has 0 aliphatic carbocycles. The van der Waals surface area contributed by atoms with E-state index < -0.39 is 8.60 Å². The predicted octanol–water partition coefficient (Wildman–Crippen LogP) is 10.0. The number of benzene rings is 2. The van der Waals surface area contributed by atoms with Crippen molar-refractivity contribution < 1.29 is 13.9 Å². The maximum atomic E-state index is 10.5. The zero-order valence-electron chi connectivity index (χ0n) is 23.2. The molecule has 36 heavy (non-hydrogen) atoms. The number of aryl methyl sites for hydroxylation is 2. The van der Waals surface area contributed by atoms with E-state index >= 15 is 0 Å². The first-order valence-electron chi connectivity index (χ1n) is 14.6. The molecule has 0 heterocycles. The Morgan fingerprint density at radius 1 is 0.611 bits per heavy atom. The Balaban J connectivity index is 1.68. The number of hydrogen-bond donors (Lipinski definition) is 1. The van der Waals surface area contributed by atoms with Crippen LogP contribution in [0.2, 0.25) is 0 Å². The third-order valence-electron chi connectivity index (χ3n) is 7.03. The third kappa shape index (κ3) is 13.3. The van der Waals surface area contributed by atoms with Crippen molar-refractivity contribution in [3.05, 3.63) is 70.8 Å². The molecule has 2 aromatic carbocycles. The largest absolute Gasteiger partial charge is 0.330 e. The van der Waals surface area contributed by atoms with Crippen LogP contribution in [0.3, 0.4) is 0 Å². The summed E-state index contributed by atoms with van der Waals surface area (Å²) in [5.74, 6) is 0. The third-order valence-corrected chi connectivity index (χ3v) is 7.87. The van der Waals surface area contributed by atoms with E-state index in [0.717, 1.165) is 37.7 Å². The molecular weight excluding hydrogens is 463 g/mol. The van der Waals surface area contributed by atoms with Crippen LogP contribution < -0.4 is 0 Å². The second kappa shape index (κ2) is 19.8. The van der Waals surface area contributed by atoms with Gasteiger partial charge in [0.2, 0.25) is 0 Å². The highest BCUT2D eigenvalue weighted by molar-refractivity contribution is 7.40. The van der Waals surface area contributed by atoms with Gasteiger partial charge >= 0.3 is 8.60 Å². The Bertz CT molecular complexity index is 775. The lowest BCUT2D eigenvalue weighted by Crippen LogP contribution is -2.07. The van der Waals surface area contributed by atoms with Crippen molar-refractivity contribution in [2.75, 3.05) is 6.61 Å². The van der Waals surface area contributed by atoms with Crippen molar-refractivity contribution in [3.8, 4) is 0 Å². The minimum atomic E-state index is -1.90. The van der Waals surface area contributed by atoms with Gasteiger partial charge in [0, 0.05) is 6.42 Å². The summed E-state index contributed by atoms with van der Waals surface area (Å²) in [7, 11) is -1.90. The van der Waals surface area contributed by atoms with Crippen LogP contribution in [0.5, 0.6) is 0 Å². The van der Waals surface area contributed by atoms with Crippen molar-refractivity contribution in [2.45, 2.75) is 123 Å². The molecule has 3 nitrogen and oxygen atoms in total. The zero-order valence-corrected chi connectivity index (χ0v) is 24.1. The van der Waals surface area contributed by atoms with E-state index in [4.69, 9.17) is 9.05 Å². The Morgan fingerprint density at radius 2 is 1.06 bits per heavy atom. The second-order valence-corrected chi connectivity index (χ2v) is 11.0. The number of hydrogen-bond acceptors (Lipinski definition) is 3. The normalized spacial score (nSPS) is 13.1. The number of unbranched alkanes of at least 4 members (excludes halogenated alkanes) is 11. The van der Waals surface area contributed by atoms with E-state index in [1.54, 1.807) is 0 Å². The van der Waals surface area contributed by atoms with Crippen LogP contribution in [0.1, 0.15) is 126 Å². The van der Waals surface area contributed by atoms with E-state index in [2.05, 4.69) is 69.3 Å².